The van der Waals surface area contributed by atoms with Gasteiger partial charge in [0.25, 0.3) is 5.91 Å². The topological polar surface area (TPSA) is 40.5 Å². The molecule has 0 radical (unpaired) electrons. The molecular weight excluding hydrogens is 262 g/mol. The number of aliphatic hydroxyl groups is 1. The molecular formula is C18H19NO2. The molecule has 2 aromatic carbocycles. The van der Waals surface area contributed by atoms with E-state index in [2.05, 4.69) is 0 Å². The molecule has 0 saturated carbocycles. The lowest BCUT2D eigenvalue weighted by atomic mass is 9.80. The Morgan fingerprint density at radius 3 is 2.29 bits per heavy atom. The van der Waals surface area contributed by atoms with Gasteiger partial charge in [-0.3, -0.25) is 4.79 Å². The maximum Gasteiger partial charge on any atom is 0.255 e. The molecule has 3 rings (SSSR count). The number of nitrogens with zero attached hydrogens (tertiary/aromatic N) is 1. The second-order valence-corrected chi connectivity index (χ2v) is 5.74. The van der Waals surface area contributed by atoms with Crippen molar-refractivity contribution in [2.24, 2.45) is 0 Å². The third kappa shape index (κ3) is 2.45. The largest absolute Gasteiger partial charge is 0.379 e. The number of likely N-dealkylation sites (N-methyl/N-ethyl adjacent to an activating group) is 1. The van der Waals surface area contributed by atoms with Crippen LogP contribution in [0.25, 0.3) is 0 Å². The molecule has 1 heterocycles. The first kappa shape index (κ1) is 13.8. The van der Waals surface area contributed by atoms with Crippen LogP contribution in [0.2, 0.25) is 0 Å². The Bertz CT molecular complexity index is 626. The van der Waals surface area contributed by atoms with Gasteiger partial charge in [-0.05, 0) is 11.1 Å². The van der Waals surface area contributed by atoms with E-state index >= 15 is 0 Å². The van der Waals surface area contributed by atoms with Crippen molar-refractivity contribution in [2.45, 2.75) is 17.9 Å². The second-order valence-electron chi connectivity index (χ2n) is 5.74. The van der Waals surface area contributed by atoms with Gasteiger partial charge >= 0.3 is 0 Å². The molecule has 1 saturated heterocycles. The summed E-state index contributed by atoms with van der Waals surface area (Å²) in [5, 5.41) is 11.1. The van der Waals surface area contributed by atoms with Gasteiger partial charge in [-0.1, -0.05) is 60.7 Å². The van der Waals surface area contributed by atoms with Crippen molar-refractivity contribution in [2.75, 3.05) is 13.6 Å². The smallest absolute Gasteiger partial charge is 0.255 e. The maximum atomic E-state index is 12.5. The number of hydrogen-bond acceptors (Lipinski definition) is 2. The maximum absolute atomic E-state index is 12.5. The van der Waals surface area contributed by atoms with Crippen molar-refractivity contribution < 1.29 is 9.90 Å². The normalized spacial score (nSPS) is 25.3. The van der Waals surface area contributed by atoms with Crippen LogP contribution in [0.3, 0.4) is 0 Å². The summed E-state index contributed by atoms with van der Waals surface area (Å²) in [7, 11) is 1.75. The quantitative estimate of drug-likeness (QED) is 0.937. The number of rotatable bonds is 3. The minimum absolute atomic E-state index is 0.194. The summed E-state index contributed by atoms with van der Waals surface area (Å²) in [5.41, 5.74) is 0.621. The van der Waals surface area contributed by atoms with Gasteiger partial charge in [0.2, 0.25) is 0 Å². The Morgan fingerprint density at radius 1 is 1.10 bits per heavy atom. The van der Waals surface area contributed by atoms with E-state index in [1.54, 1.807) is 11.9 Å². The Kier molecular flexibility index (Phi) is 3.52. The fourth-order valence-corrected chi connectivity index (χ4v) is 3.16. The van der Waals surface area contributed by atoms with E-state index in [-0.39, 0.29) is 11.8 Å². The molecule has 2 unspecified atom stereocenters. The first-order valence-corrected chi connectivity index (χ1v) is 7.18. The molecule has 2 aromatic rings. The SMILES string of the molecule is CN1CC(c2ccccc2)C(O)(Cc2ccccc2)C1=O. The highest BCUT2D eigenvalue weighted by atomic mass is 16.3. The Hall–Kier alpha value is -2.13. The predicted octanol–water partition coefficient (Wildman–Crippen LogP) is 2.22. The fourth-order valence-electron chi connectivity index (χ4n) is 3.16. The van der Waals surface area contributed by atoms with Crippen LogP contribution in [0.1, 0.15) is 17.0 Å². The van der Waals surface area contributed by atoms with Crippen LogP contribution in [0.4, 0.5) is 0 Å². The monoisotopic (exact) mass is 281 g/mol. The summed E-state index contributed by atoms with van der Waals surface area (Å²) in [5.74, 6) is -0.392. The van der Waals surface area contributed by atoms with Crippen LogP contribution >= 0.6 is 0 Å². The number of amides is 1. The first-order valence-electron chi connectivity index (χ1n) is 7.18. The lowest BCUT2D eigenvalue weighted by molar-refractivity contribution is -0.142. The second kappa shape index (κ2) is 5.34. The van der Waals surface area contributed by atoms with E-state index in [9.17, 15) is 9.90 Å². The summed E-state index contributed by atoms with van der Waals surface area (Å²) in [6.45, 7) is 0.548. The van der Waals surface area contributed by atoms with Crippen LogP contribution in [0.15, 0.2) is 60.7 Å². The Labute approximate surface area is 124 Å². The van der Waals surface area contributed by atoms with Gasteiger partial charge in [0.1, 0.15) is 0 Å². The van der Waals surface area contributed by atoms with Crippen LogP contribution < -0.4 is 0 Å². The zero-order valence-corrected chi connectivity index (χ0v) is 12.1. The Morgan fingerprint density at radius 2 is 1.67 bits per heavy atom. The molecule has 0 spiro atoms. The molecule has 0 aromatic heterocycles. The average Bonchev–Trinajstić information content (AvgIpc) is 2.74. The molecule has 3 heteroatoms. The standard InChI is InChI=1S/C18H19NO2/c1-19-13-16(15-10-6-3-7-11-15)18(21,17(19)20)12-14-8-4-2-5-9-14/h2-11,16,21H,12-13H2,1H3. The van der Waals surface area contributed by atoms with Crippen molar-refractivity contribution in [1.82, 2.24) is 4.90 Å². The number of likely N-dealkylation sites (tertiary alicyclic amines) is 1. The van der Waals surface area contributed by atoms with E-state index in [0.29, 0.717) is 13.0 Å². The summed E-state index contributed by atoms with van der Waals surface area (Å²) in [4.78, 5) is 14.1. The van der Waals surface area contributed by atoms with Gasteiger partial charge in [0.05, 0.1) is 0 Å². The number of carbonyl (C=O) groups is 1. The van der Waals surface area contributed by atoms with Crippen LogP contribution in [0, 0.1) is 0 Å². The molecule has 1 aliphatic rings. The van der Waals surface area contributed by atoms with Gasteiger partial charge in [-0.25, -0.2) is 0 Å². The van der Waals surface area contributed by atoms with Crippen LogP contribution in [-0.4, -0.2) is 35.1 Å². The van der Waals surface area contributed by atoms with E-state index in [1.807, 2.05) is 60.7 Å². The highest BCUT2D eigenvalue weighted by Gasteiger charge is 2.52. The Balaban J connectivity index is 1.97. The van der Waals surface area contributed by atoms with Crippen molar-refractivity contribution in [1.29, 1.82) is 0 Å². The summed E-state index contributed by atoms with van der Waals surface area (Å²) in [6, 6.07) is 19.5. The molecule has 1 fully saturated rings. The van der Waals surface area contributed by atoms with Crippen molar-refractivity contribution in [3.63, 3.8) is 0 Å². The van der Waals surface area contributed by atoms with E-state index in [4.69, 9.17) is 0 Å². The molecule has 1 amide bonds. The van der Waals surface area contributed by atoms with E-state index in [1.165, 1.54) is 0 Å². The number of benzene rings is 2. The lowest BCUT2D eigenvalue weighted by Gasteiger charge is -2.27. The number of hydrogen-bond donors (Lipinski definition) is 1. The van der Waals surface area contributed by atoms with Gasteiger partial charge in [0.15, 0.2) is 5.60 Å². The predicted molar refractivity (Wildman–Crippen MR) is 81.9 cm³/mol. The molecule has 2 atom stereocenters. The summed E-state index contributed by atoms with van der Waals surface area (Å²) in [6.07, 6.45) is 0.344. The summed E-state index contributed by atoms with van der Waals surface area (Å²) >= 11 is 0. The van der Waals surface area contributed by atoms with Crippen molar-refractivity contribution in [3.05, 3.63) is 71.8 Å². The molecule has 3 nitrogen and oxygen atoms in total. The van der Waals surface area contributed by atoms with Crippen LogP contribution in [0.5, 0.6) is 0 Å². The van der Waals surface area contributed by atoms with Crippen molar-refractivity contribution in [3.8, 4) is 0 Å². The average molecular weight is 281 g/mol. The van der Waals surface area contributed by atoms with E-state index < -0.39 is 5.60 Å². The van der Waals surface area contributed by atoms with Gasteiger partial charge in [-0.15, -0.1) is 0 Å². The van der Waals surface area contributed by atoms with Gasteiger partial charge in [0, 0.05) is 25.9 Å². The molecule has 1 aliphatic heterocycles. The minimum atomic E-state index is -1.36. The first-order chi connectivity index (χ1) is 10.1. The minimum Gasteiger partial charge on any atom is -0.379 e. The lowest BCUT2D eigenvalue weighted by Crippen LogP contribution is -2.44. The molecule has 1 N–H and O–H groups in total. The molecule has 108 valence electrons. The zero-order chi connectivity index (χ0) is 14.9. The number of carbonyl (C=O) groups excluding carboxylic acids is 1. The van der Waals surface area contributed by atoms with Crippen molar-refractivity contribution >= 4 is 5.91 Å². The van der Waals surface area contributed by atoms with Crippen LogP contribution in [-0.2, 0) is 11.2 Å². The van der Waals surface area contributed by atoms with Gasteiger partial charge in [-0.2, -0.15) is 0 Å². The summed E-state index contributed by atoms with van der Waals surface area (Å²) < 4.78 is 0. The highest BCUT2D eigenvalue weighted by Crippen LogP contribution is 2.38. The van der Waals surface area contributed by atoms with E-state index in [0.717, 1.165) is 11.1 Å². The highest BCUT2D eigenvalue weighted by molar-refractivity contribution is 5.89. The zero-order valence-electron chi connectivity index (χ0n) is 12.1. The van der Waals surface area contributed by atoms with Gasteiger partial charge < -0.3 is 10.0 Å². The molecule has 0 aliphatic carbocycles. The molecule has 21 heavy (non-hydrogen) atoms. The third-order valence-corrected chi connectivity index (χ3v) is 4.27. The third-order valence-electron chi connectivity index (χ3n) is 4.27. The fraction of sp³-hybridized carbons (Fsp3) is 0.278. The molecule has 0 bridgehead atoms.